The maximum absolute atomic E-state index is 12.0. The molecule has 146 valence electrons. The van der Waals surface area contributed by atoms with Gasteiger partial charge in [-0.2, -0.15) is 5.10 Å². The number of nitro groups is 2. The molecule has 1 fully saturated rings. The van der Waals surface area contributed by atoms with Crippen molar-refractivity contribution >= 4 is 46.5 Å². The van der Waals surface area contributed by atoms with Crippen molar-refractivity contribution in [2.24, 2.45) is 10.2 Å². The lowest BCUT2D eigenvalue weighted by atomic mass is 10.1. The van der Waals surface area contributed by atoms with E-state index in [1.165, 1.54) is 48.7 Å². The van der Waals surface area contributed by atoms with Crippen LogP contribution in [0.1, 0.15) is 11.1 Å². The Kier molecular flexibility index (Phi) is 5.64. The van der Waals surface area contributed by atoms with E-state index in [2.05, 4.69) is 15.5 Å². The molecule has 3 rings (SSSR count). The van der Waals surface area contributed by atoms with Crippen LogP contribution in [-0.2, 0) is 4.79 Å². The molecule has 2 N–H and O–H groups in total. The Balaban J connectivity index is 1.72. The Labute approximate surface area is 166 Å². The number of non-ortho nitro benzene ring substituents is 1. The molecule has 0 bridgehead atoms. The predicted octanol–water partition coefficient (Wildman–Crippen LogP) is 2.80. The summed E-state index contributed by atoms with van der Waals surface area (Å²) < 4.78 is 0. The number of amidine groups is 1. The summed E-state index contributed by atoms with van der Waals surface area (Å²) in [5.74, 6) is -0.918. The van der Waals surface area contributed by atoms with Gasteiger partial charge in [-0.05, 0) is 47.2 Å². The van der Waals surface area contributed by atoms with E-state index in [1.54, 1.807) is 0 Å². The van der Waals surface area contributed by atoms with Crippen LogP contribution in [0, 0.1) is 20.2 Å². The lowest BCUT2D eigenvalue weighted by molar-refractivity contribution is -0.385. The van der Waals surface area contributed by atoms with Gasteiger partial charge in [0.2, 0.25) is 0 Å². The fourth-order valence-corrected chi connectivity index (χ4v) is 3.01. The highest BCUT2D eigenvalue weighted by Gasteiger charge is 2.24. The van der Waals surface area contributed by atoms with E-state index in [0.29, 0.717) is 11.1 Å². The highest BCUT2D eigenvalue weighted by molar-refractivity contribution is 8.18. The minimum Gasteiger partial charge on any atom is -0.502 e. The molecule has 29 heavy (non-hydrogen) atoms. The van der Waals surface area contributed by atoms with Gasteiger partial charge in [-0.15, -0.1) is 5.10 Å². The Morgan fingerprint density at radius 3 is 2.38 bits per heavy atom. The number of nitrogens with zero attached hydrogens (tertiary/aromatic N) is 4. The van der Waals surface area contributed by atoms with E-state index >= 15 is 0 Å². The van der Waals surface area contributed by atoms with Gasteiger partial charge in [-0.25, -0.2) is 0 Å². The molecule has 0 radical (unpaired) electrons. The molecule has 0 saturated carbocycles. The van der Waals surface area contributed by atoms with Gasteiger partial charge >= 0.3 is 5.69 Å². The van der Waals surface area contributed by atoms with E-state index in [0.717, 1.165) is 17.8 Å². The summed E-state index contributed by atoms with van der Waals surface area (Å²) >= 11 is 0.989. The second-order valence-corrected chi connectivity index (χ2v) is 6.60. The number of nitrogens with one attached hydrogen (secondary N) is 1. The van der Waals surface area contributed by atoms with E-state index < -0.39 is 27.2 Å². The number of hydrogen-bond acceptors (Lipinski definition) is 9. The molecular weight excluding hydrogens is 402 g/mol. The fraction of sp³-hybridized carbons (Fsp3) is 0. The van der Waals surface area contributed by atoms with Gasteiger partial charge in [0.15, 0.2) is 10.9 Å². The number of aromatic hydroxyl groups is 1. The molecule has 0 atom stereocenters. The number of rotatable bonds is 5. The lowest BCUT2D eigenvalue weighted by Gasteiger charge is -1.98. The van der Waals surface area contributed by atoms with Gasteiger partial charge in [0.1, 0.15) is 0 Å². The monoisotopic (exact) mass is 413 g/mol. The van der Waals surface area contributed by atoms with Crippen LogP contribution in [0.2, 0.25) is 0 Å². The van der Waals surface area contributed by atoms with Crippen molar-refractivity contribution < 1.29 is 19.7 Å². The van der Waals surface area contributed by atoms with Crippen molar-refractivity contribution in [1.82, 2.24) is 5.32 Å². The summed E-state index contributed by atoms with van der Waals surface area (Å²) in [7, 11) is 0. The summed E-state index contributed by atoms with van der Waals surface area (Å²) in [5.41, 5.74) is 0.435. The van der Waals surface area contributed by atoms with Crippen molar-refractivity contribution in [3.8, 4) is 5.75 Å². The van der Waals surface area contributed by atoms with Crippen LogP contribution >= 0.6 is 11.8 Å². The molecule has 0 unspecified atom stereocenters. The maximum Gasteiger partial charge on any atom is 0.311 e. The third kappa shape index (κ3) is 4.81. The third-order valence-corrected chi connectivity index (χ3v) is 4.50. The molecule has 1 saturated heterocycles. The molecule has 1 aliphatic rings. The second kappa shape index (κ2) is 8.31. The number of hydrogen-bond donors (Lipinski definition) is 2. The topological polar surface area (TPSA) is 160 Å². The largest absolute Gasteiger partial charge is 0.502 e. The van der Waals surface area contributed by atoms with Crippen molar-refractivity contribution in [1.29, 1.82) is 0 Å². The molecule has 2 aromatic rings. The van der Waals surface area contributed by atoms with E-state index in [9.17, 15) is 30.1 Å². The number of thioether (sulfide) groups is 1. The first-order valence-corrected chi connectivity index (χ1v) is 8.69. The van der Waals surface area contributed by atoms with Crippen LogP contribution < -0.4 is 5.32 Å². The second-order valence-electron chi connectivity index (χ2n) is 5.57. The van der Waals surface area contributed by atoms with Gasteiger partial charge in [0.05, 0.1) is 21.0 Å². The molecule has 2 aromatic carbocycles. The zero-order valence-electron chi connectivity index (χ0n) is 14.4. The summed E-state index contributed by atoms with van der Waals surface area (Å²) in [5, 5.41) is 41.4. The summed E-state index contributed by atoms with van der Waals surface area (Å²) in [6.07, 6.45) is 2.80. The number of amides is 1. The molecule has 11 nitrogen and oxygen atoms in total. The van der Waals surface area contributed by atoms with Gasteiger partial charge < -0.3 is 5.11 Å². The van der Waals surface area contributed by atoms with Crippen molar-refractivity contribution in [2.45, 2.75) is 0 Å². The minimum atomic E-state index is -0.723. The number of phenolic OH excluding ortho intramolecular Hbond substituents is 1. The summed E-state index contributed by atoms with van der Waals surface area (Å²) in [6, 6.07) is 9.43. The SMILES string of the molecule is O=C1N/C(=N/N=C/c2ccc([N+](=O)[O-])cc2)S/C1=C/c1ccc(O)c([N+](=O)[O-])c1. The van der Waals surface area contributed by atoms with Crippen LogP contribution in [0.25, 0.3) is 6.08 Å². The number of carbonyl (C=O) groups excluding carboxylic acids is 1. The standard InChI is InChI=1S/C17H11N5O6S/c23-14-6-3-11(7-13(14)22(27)28)8-15-16(24)19-17(29-15)20-18-9-10-1-4-12(5-2-10)21(25)26/h1-9,23H,(H,19,20,24)/b15-8+,18-9+. The predicted molar refractivity (Wildman–Crippen MR) is 107 cm³/mol. The van der Waals surface area contributed by atoms with E-state index in [4.69, 9.17) is 0 Å². The molecule has 1 amide bonds. The van der Waals surface area contributed by atoms with Crippen LogP contribution in [0.15, 0.2) is 57.6 Å². The number of phenols is 1. The lowest BCUT2D eigenvalue weighted by Crippen LogP contribution is -2.19. The van der Waals surface area contributed by atoms with E-state index in [-0.39, 0.29) is 15.8 Å². The molecule has 1 aliphatic heterocycles. The average molecular weight is 413 g/mol. The number of carbonyl (C=O) groups is 1. The first-order chi connectivity index (χ1) is 13.8. The van der Waals surface area contributed by atoms with Gasteiger partial charge in [-0.1, -0.05) is 6.07 Å². The molecule has 1 heterocycles. The molecule has 0 spiro atoms. The van der Waals surface area contributed by atoms with E-state index in [1.807, 2.05) is 0 Å². The zero-order chi connectivity index (χ0) is 21.0. The van der Waals surface area contributed by atoms with Crippen molar-refractivity contribution in [2.75, 3.05) is 0 Å². The Morgan fingerprint density at radius 2 is 1.72 bits per heavy atom. The number of benzene rings is 2. The Hall–Kier alpha value is -4.06. The Bertz CT molecular complexity index is 1090. The highest BCUT2D eigenvalue weighted by Crippen LogP contribution is 2.30. The third-order valence-electron chi connectivity index (χ3n) is 3.60. The molecule has 0 aromatic heterocycles. The Morgan fingerprint density at radius 1 is 1.03 bits per heavy atom. The molecular formula is C17H11N5O6S. The van der Waals surface area contributed by atoms with Crippen LogP contribution in [0.5, 0.6) is 5.75 Å². The quantitative estimate of drug-likeness (QED) is 0.330. The summed E-state index contributed by atoms with van der Waals surface area (Å²) in [6.45, 7) is 0. The minimum absolute atomic E-state index is 0.0451. The zero-order valence-corrected chi connectivity index (χ0v) is 15.2. The van der Waals surface area contributed by atoms with Crippen LogP contribution in [-0.4, -0.2) is 32.2 Å². The first kappa shape index (κ1) is 19.7. The van der Waals surface area contributed by atoms with Crippen LogP contribution in [0.3, 0.4) is 0 Å². The first-order valence-electron chi connectivity index (χ1n) is 7.87. The van der Waals surface area contributed by atoms with Gasteiger partial charge in [-0.3, -0.25) is 30.3 Å². The summed E-state index contributed by atoms with van der Waals surface area (Å²) in [4.78, 5) is 32.5. The van der Waals surface area contributed by atoms with Crippen molar-refractivity contribution in [3.05, 3.63) is 78.7 Å². The highest BCUT2D eigenvalue weighted by atomic mass is 32.2. The molecule has 12 heteroatoms. The normalized spacial score (nSPS) is 16.5. The fourth-order valence-electron chi connectivity index (χ4n) is 2.23. The number of nitro benzene ring substituents is 2. The average Bonchev–Trinajstić information content (AvgIpc) is 3.02. The smallest absolute Gasteiger partial charge is 0.311 e. The van der Waals surface area contributed by atoms with Gasteiger partial charge in [0, 0.05) is 18.2 Å². The van der Waals surface area contributed by atoms with Gasteiger partial charge in [0.25, 0.3) is 11.6 Å². The van der Waals surface area contributed by atoms with Crippen molar-refractivity contribution in [3.63, 3.8) is 0 Å². The maximum atomic E-state index is 12.0. The van der Waals surface area contributed by atoms with Crippen LogP contribution in [0.4, 0.5) is 11.4 Å². The molecule has 0 aliphatic carbocycles.